The Bertz CT molecular complexity index is 726. The zero-order valence-corrected chi connectivity index (χ0v) is 14.6. The minimum atomic E-state index is 0.173. The number of carbonyl (C=O) groups excluding carboxylic acids is 1. The van der Waals surface area contributed by atoms with Crippen LogP contribution in [-0.2, 0) is 11.2 Å². The Morgan fingerprint density at radius 2 is 1.76 bits per heavy atom. The van der Waals surface area contributed by atoms with E-state index >= 15 is 0 Å². The molecule has 2 unspecified atom stereocenters. The smallest absolute Gasteiger partial charge is 0.254 e. The first-order valence-corrected chi connectivity index (χ1v) is 9.37. The molecule has 0 bridgehead atoms. The summed E-state index contributed by atoms with van der Waals surface area (Å²) in [5.41, 5.74) is 3.19. The molecular weight excluding hydrogens is 310 g/mol. The molecule has 0 radical (unpaired) electrons. The molecule has 25 heavy (non-hydrogen) atoms. The van der Waals surface area contributed by atoms with E-state index in [0.29, 0.717) is 13.2 Å². The molecule has 1 saturated carbocycles. The van der Waals surface area contributed by atoms with Crippen LogP contribution in [-0.4, -0.2) is 36.1 Å². The standard InChI is InChI=1S/C22H25NO2/c24-22(23-14-15-25-21-13-7-6-12-20(21)23)19-11-5-4-10-18(19)16-17-8-2-1-3-9-17/h1-5,8-11,20-21H,6-7,12-16H2. The number of carbonyl (C=O) groups is 1. The number of morpholine rings is 1. The van der Waals surface area contributed by atoms with Crippen LogP contribution < -0.4 is 0 Å². The van der Waals surface area contributed by atoms with Crippen molar-refractivity contribution >= 4 is 5.91 Å². The van der Waals surface area contributed by atoms with E-state index in [1.165, 1.54) is 18.4 Å². The van der Waals surface area contributed by atoms with Crippen LogP contribution in [0.5, 0.6) is 0 Å². The summed E-state index contributed by atoms with van der Waals surface area (Å²) in [5, 5.41) is 0. The largest absolute Gasteiger partial charge is 0.374 e. The van der Waals surface area contributed by atoms with Crippen LogP contribution in [0.15, 0.2) is 54.6 Å². The third-order valence-corrected chi connectivity index (χ3v) is 5.48. The van der Waals surface area contributed by atoms with Gasteiger partial charge < -0.3 is 9.64 Å². The Kier molecular flexibility index (Phi) is 4.84. The van der Waals surface area contributed by atoms with E-state index in [1.807, 2.05) is 36.4 Å². The lowest BCUT2D eigenvalue weighted by molar-refractivity contribution is -0.0753. The number of nitrogens with zero attached hydrogens (tertiary/aromatic N) is 1. The van der Waals surface area contributed by atoms with Crippen molar-refractivity contribution in [1.82, 2.24) is 4.90 Å². The SMILES string of the molecule is O=C(c1ccccc1Cc1ccccc1)N1CCOC2CCCCC21. The van der Waals surface area contributed by atoms with Gasteiger partial charge in [0.25, 0.3) is 5.91 Å². The van der Waals surface area contributed by atoms with E-state index in [1.54, 1.807) is 0 Å². The highest BCUT2D eigenvalue weighted by Crippen LogP contribution is 2.30. The van der Waals surface area contributed by atoms with Gasteiger partial charge in [0.1, 0.15) is 0 Å². The third-order valence-electron chi connectivity index (χ3n) is 5.48. The van der Waals surface area contributed by atoms with Crippen LogP contribution in [0, 0.1) is 0 Å². The first-order valence-electron chi connectivity index (χ1n) is 9.37. The zero-order valence-electron chi connectivity index (χ0n) is 14.6. The van der Waals surface area contributed by atoms with Crippen LogP contribution in [0.2, 0.25) is 0 Å². The second kappa shape index (κ2) is 7.40. The molecule has 3 nitrogen and oxygen atoms in total. The molecule has 1 saturated heterocycles. The van der Waals surface area contributed by atoms with E-state index in [0.717, 1.165) is 30.4 Å². The molecule has 2 aliphatic rings. The van der Waals surface area contributed by atoms with E-state index in [4.69, 9.17) is 4.74 Å². The monoisotopic (exact) mass is 335 g/mol. The number of benzene rings is 2. The quantitative estimate of drug-likeness (QED) is 0.846. The van der Waals surface area contributed by atoms with Crippen LogP contribution in [0.1, 0.15) is 47.2 Å². The summed E-state index contributed by atoms with van der Waals surface area (Å²) in [7, 11) is 0. The lowest BCUT2D eigenvalue weighted by atomic mass is 9.89. The molecule has 0 spiro atoms. The van der Waals surface area contributed by atoms with Gasteiger partial charge in [-0.05, 0) is 36.5 Å². The van der Waals surface area contributed by atoms with Crippen molar-refractivity contribution in [2.45, 2.75) is 44.2 Å². The number of fused-ring (bicyclic) bond motifs is 1. The lowest BCUT2D eigenvalue weighted by Crippen LogP contribution is -2.54. The number of hydrogen-bond acceptors (Lipinski definition) is 2. The van der Waals surface area contributed by atoms with Gasteiger partial charge >= 0.3 is 0 Å². The van der Waals surface area contributed by atoms with Crippen LogP contribution in [0.4, 0.5) is 0 Å². The highest BCUT2D eigenvalue weighted by atomic mass is 16.5. The maximum Gasteiger partial charge on any atom is 0.254 e. The average Bonchev–Trinajstić information content (AvgIpc) is 2.68. The molecule has 0 N–H and O–H groups in total. The second-order valence-corrected chi connectivity index (χ2v) is 7.08. The first kappa shape index (κ1) is 16.3. The highest BCUT2D eigenvalue weighted by Gasteiger charge is 2.37. The fourth-order valence-electron chi connectivity index (χ4n) is 4.20. The number of rotatable bonds is 3. The maximum absolute atomic E-state index is 13.3. The fraction of sp³-hybridized carbons (Fsp3) is 0.409. The number of amides is 1. The Labute approximate surface area is 149 Å². The maximum atomic E-state index is 13.3. The molecule has 4 rings (SSSR count). The fourth-order valence-corrected chi connectivity index (χ4v) is 4.20. The molecule has 2 aromatic rings. The molecule has 1 aliphatic heterocycles. The van der Waals surface area contributed by atoms with Crippen LogP contribution >= 0.6 is 0 Å². The van der Waals surface area contributed by atoms with Gasteiger partial charge in [-0.2, -0.15) is 0 Å². The van der Waals surface area contributed by atoms with Gasteiger partial charge in [0.05, 0.1) is 18.8 Å². The Balaban J connectivity index is 1.59. The molecule has 2 fully saturated rings. The van der Waals surface area contributed by atoms with Gasteiger partial charge in [-0.1, -0.05) is 61.4 Å². The Hall–Kier alpha value is -2.13. The minimum Gasteiger partial charge on any atom is -0.374 e. The predicted molar refractivity (Wildman–Crippen MR) is 98.7 cm³/mol. The summed E-state index contributed by atoms with van der Waals surface area (Å²) in [6.07, 6.45) is 5.58. The zero-order chi connectivity index (χ0) is 17.1. The molecule has 1 aliphatic carbocycles. The van der Waals surface area contributed by atoms with E-state index in [-0.39, 0.29) is 18.1 Å². The Morgan fingerprint density at radius 3 is 2.64 bits per heavy atom. The predicted octanol–water partition coefficient (Wildman–Crippen LogP) is 4.06. The van der Waals surface area contributed by atoms with Gasteiger partial charge in [-0.3, -0.25) is 4.79 Å². The molecule has 0 aromatic heterocycles. The first-order chi connectivity index (χ1) is 12.3. The number of ether oxygens (including phenoxy) is 1. The van der Waals surface area contributed by atoms with Gasteiger partial charge in [0.2, 0.25) is 0 Å². The molecule has 130 valence electrons. The van der Waals surface area contributed by atoms with E-state index in [9.17, 15) is 4.79 Å². The van der Waals surface area contributed by atoms with Crippen molar-refractivity contribution in [3.05, 3.63) is 71.3 Å². The topological polar surface area (TPSA) is 29.5 Å². The Morgan fingerprint density at radius 1 is 1.00 bits per heavy atom. The van der Waals surface area contributed by atoms with Gasteiger partial charge in [0, 0.05) is 12.1 Å². The highest BCUT2D eigenvalue weighted by molar-refractivity contribution is 5.96. The summed E-state index contributed by atoms with van der Waals surface area (Å²) >= 11 is 0. The van der Waals surface area contributed by atoms with Crippen molar-refractivity contribution in [3.63, 3.8) is 0 Å². The van der Waals surface area contributed by atoms with Gasteiger partial charge in [-0.15, -0.1) is 0 Å². The third kappa shape index (κ3) is 3.47. The summed E-state index contributed by atoms with van der Waals surface area (Å²) in [4.78, 5) is 15.4. The lowest BCUT2D eigenvalue weighted by Gasteiger charge is -2.44. The van der Waals surface area contributed by atoms with Crippen LogP contribution in [0.25, 0.3) is 0 Å². The minimum absolute atomic E-state index is 0.173. The van der Waals surface area contributed by atoms with Crippen molar-refractivity contribution in [2.24, 2.45) is 0 Å². The summed E-state index contributed by atoms with van der Waals surface area (Å²) < 4.78 is 5.93. The summed E-state index contributed by atoms with van der Waals surface area (Å²) in [5.74, 6) is 0.173. The van der Waals surface area contributed by atoms with E-state index in [2.05, 4.69) is 23.1 Å². The molecule has 2 aromatic carbocycles. The summed E-state index contributed by atoms with van der Waals surface area (Å²) in [6.45, 7) is 1.37. The van der Waals surface area contributed by atoms with Gasteiger partial charge in [0.15, 0.2) is 0 Å². The van der Waals surface area contributed by atoms with Crippen LogP contribution in [0.3, 0.4) is 0 Å². The number of hydrogen-bond donors (Lipinski definition) is 0. The van der Waals surface area contributed by atoms with Crippen molar-refractivity contribution in [1.29, 1.82) is 0 Å². The molecule has 1 heterocycles. The second-order valence-electron chi connectivity index (χ2n) is 7.08. The van der Waals surface area contributed by atoms with E-state index < -0.39 is 0 Å². The van der Waals surface area contributed by atoms with Gasteiger partial charge in [-0.25, -0.2) is 0 Å². The molecular formula is C22H25NO2. The molecule has 3 heteroatoms. The van der Waals surface area contributed by atoms with Crippen molar-refractivity contribution in [3.8, 4) is 0 Å². The molecule has 1 amide bonds. The normalized spacial score (nSPS) is 23.1. The van der Waals surface area contributed by atoms with Crippen molar-refractivity contribution < 1.29 is 9.53 Å². The summed E-state index contributed by atoms with van der Waals surface area (Å²) in [6, 6.07) is 18.7. The molecule has 2 atom stereocenters. The average molecular weight is 335 g/mol. The van der Waals surface area contributed by atoms with Crippen molar-refractivity contribution in [2.75, 3.05) is 13.2 Å².